The molecule has 0 fully saturated rings. The number of aryl methyl sites for hydroxylation is 1. The van der Waals surface area contributed by atoms with Gasteiger partial charge in [0.2, 0.25) is 0 Å². The number of hydrogen-bond donors (Lipinski definition) is 2. The van der Waals surface area contributed by atoms with Crippen LogP contribution in [0.3, 0.4) is 0 Å². The highest BCUT2D eigenvalue weighted by atomic mass is 19.1. The van der Waals surface area contributed by atoms with E-state index in [0.29, 0.717) is 0 Å². The SMILES string of the molecule is Cc1cccc(NC(CO)c2ccc(F)cc2)c1. The smallest absolute Gasteiger partial charge is 0.123 e. The fraction of sp³-hybridized carbons (Fsp3) is 0.200. The number of aliphatic hydroxyl groups excluding tert-OH is 1. The highest BCUT2D eigenvalue weighted by Crippen LogP contribution is 2.20. The molecule has 1 unspecified atom stereocenters. The van der Waals surface area contributed by atoms with E-state index in [2.05, 4.69) is 5.32 Å². The van der Waals surface area contributed by atoms with Crippen LogP contribution in [-0.4, -0.2) is 11.7 Å². The molecule has 0 spiro atoms. The average Bonchev–Trinajstić information content (AvgIpc) is 2.37. The maximum absolute atomic E-state index is 12.9. The van der Waals surface area contributed by atoms with Crippen LogP contribution in [0.15, 0.2) is 48.5 Å². The maximum Gasteiger partial charge on any atom is 0.123 e. The van der Waals surface area contributed by atoms with Crippen molar-refractivity contribution in [3.63, 3.8) is 0 Å². The van der Waals surface area contributed by atoms with E-state index >= 15 is 0 Å². The van der Waals surface area contributed by atoms with Crippen molar-refractivity contribution in [3.8, 4) is 0 Å². The summed E-state index contributed by atoms with van der Waals surface area (Å²) in [7, 11) is 0. The minimum Gasteiger partial charge on any atom is -0.394 e. The Morgan fingerprint density at radius 1 is 1.17 bits per heavy atom. The molecule has 2 N–H and O–H groups in total. The Hall–Kier alpha value is -1.87. The topological polar surface area (TPSA) is 32.3 Å². The zero-order valence-electron chi connectivity index (χ0n) is 10.2. The van der Waals surface area contributed by atoms with E-state index < -0.39 is 0 Å². The van der Waals surface area contributed by atoms with Crippen LogP contribution >= 0.6 is 0 Å². The average molecular weight is 245 g/mol. The van der Waals surface area contributed by atoms with Gasteiger partial charge in [0.05, 0.1) is 12.6 Å². The lowest BCUT2D eigenvalue weighted by atomic mass is 10.1. The van der Waals surface area contributed by atoms with Crippen LogP contribution in [0, 0.1) is 12.7 Å². The van der Waals surface area contributed by atoms with E-state index in [9.17, 15) is 9.50 Å². The summed E-state index contributed by atoms with van der Waals surface area (Å²) < 4.78 is 12.9. The molecule has 0 amide bonds. The van der Waals surface area contributed by atoms with Crippen molar-refractivity contribution in [2.24, 2.45) is 0 Å². The summed E-state index contributed by atoms with van der Waals surface area (Å²) in [5.74, 6) is -0.272. The third kappa shape index (κ3) is 3.08. The summed E-state index contributed by atoms with van der Waals surface area (Å²) in [6.45, 7) is 1.97. The summed E-state index contributed by atoms with van der Waals surface area (Å²) in [6.07, 6.45) is 0. The molecule has 0 heterocycles. The molecule has 18 heavy (non-hydrogen) atoms. The quantitative estimate of drug-likeness (QED) is 0.866. The van der Waals surface area contributed by atoms with Crippen LogP contribution in [0.5, 0.6) is 0 Å². The van der Waals surface area contributed by atoms with Gasteiger partial charge in [0, 0.05) is 5.69 Å². The molecule has 2 rings (SSSR count). The van der Waals surface area contributed by atoms with Crippen molar-refractivity contribution >= 4 is 5.69 Å². The van der Waals surface area contributed by atoms with Gasteiger partial charge in [-0.25, -0.2) is 4.39 Å². The summed E-state index contributed by atoms with van der Waals surface area (Å²) >= 11 is 0. The lowest BCUT2D eigenvalue weighted by molar-refractivity contribution is 0.276. The second kappa shape index (κ2) is 5.65. The third-order valence-electron chi connectivity index (χ3n) is 2.81. The number of halogens is 1. The first-order valence-corrected chi connectivity index (χ1v) is 5.88. The van der Waals surface area contributed by atoms with Crippen molar-refractivity contribution < 1.29 is 9.50 Å². The van der Waals surface area contributed by atoms with Gasteiger partial charge >= 0.3 is 0 Å². The first-order valence-electron chi connectivity index (χ1n) is 5.88. The van der Waals surface area contributed by atoms with Gasteiger partial charge in [-0.3, -0.25) is 0 Å². The van der Waals surface area contributed by atoms with Crippen molar-refractivity contribution in [3.05, 3.63) is 65.5 Å². The molecule has 0 aromatic heterocycles. The molecule has 0 aliphatic rings. The molecule has 0 radical (unpaired) electrons. The van der Waals surface area contributed by atoms with Gasteiger partial charge in [0.25, 0.3) is 0 Å². The summed E-state index contributed by atoms with van der Waals surface area (Å²) in [5.41, 5.74) is 2.95. The van der Waals surface area contributed by atoms with Crippen LogP contribution in [0.4, 0.5) is 10.1 Å². The largest absolute Gasteiger partial charge is 0.394 e. The van der Waals surface area contributed by atoms with Gasteiger partial charge in [-0.05, 0) is 42.3 Å². The Kier molecular flexibility index (Phi) is 3.95. The van der Waals surface area contributed by atoms with E-state index in [1.165, 1.54) is 12.1 Å². The molecule has 0 saturated carbocycles. The Bertz CT molecular complexity index is 510. The van der Waals surface area contributed by atoms with Crippen molar-refractivity contribution in [2.45, 2.75) is 13.0 Å². The van der Waals surface area contributed by atoms with Crippen LogP contribution < -0.4 is 5.32 Å². The zero-order valence-corrected chi connectivity index (χ0v) is 10.2. The molecular weight excluding hydrogens is 229 g/mol. The summed E-state index contributed by atoms with van der Waals surface area (Å²) in [5, 5.41) is 12.7. The molecule has 3 heteroatoms. The predicted octanol–water partition coefficient (Wildman–Crippen LogP) is 3.28. The first kappa shape index (κ1) is 12.6. The van der Waals surface area contributed by atoms with Gasteiger partial charge in [0.15, 0.2) is 0 Å². The van der Waals surface area contributed by atoms with E-state index in [-0.39, 0.29) is 18.5 Å². The fourth-order valence-corrected chi connectivity index (χ4v) is 1.87. The predicted molar refractivity (Wildman–Crippen MR) is 71.0 cm³/mol. The molecule has 0 saturated heterocycles. The highest BCUT2D eigenvalue weighted by molar-refractivity contribution is 5.47. The van der Waals surface area contributed by atoms with E-state index in [0.717, 1.165) is 16.8 Å². The number of anilines is 1. The van der Waals surface area contributed by atoms with Crippen molar-refractivity contribution in [2.75, 3.05) is 11.9 Å². The molecule has 94 valence electrons. The van der Waals surface area contributed by atoms with E-state index in [1.807, 2.05) is 31.2 Å². The Morgan fingerprint density at radius 3 is 2.50 bits per heavy atom. The second-order valence-corrected chi connectivity index (χ2v) is 4.30. The number of rotatable bonds is 4. The molecule has 0 aliphatic heterocycles. The van der Waals surface area contributed by atoms with Crippen LogP contribution in [0.25, 0.3) is 0 Å². The lowest BCUT2D eigenvalue weighted by Gasteiger charge is -2.18. The Labute approximate surface area is 106 Å². The third-order valence-corrected chi connectivity index (χ3v) is 2.81. The van der Waals surface area contributed by atoms with Gasteiger partial charge in [-0.2, -0.15) is 0 Å². The summed E-state index contributed by atoms with van der Waals surface area (Å²) in [4.78, 5) is 0. The molecule has 2 aromatic rings. The standard InChI is InChI=1S/C15H16FNO/c1-11-3-2-4-14(9-11)17-15(10-18)12-5-7-13(16)8-6-12/h2-9,15,17-18H,10H2,1H3. The number of aliphatic hydroxyl groups is 1. The Morgan fingerprint density at radius 2 is 1.89 bits per heavy atom. The molecule has 2 nitrogen and oxygen atoms in total. The highest BCUT2D eigenvalue weighted by Gasteiger charge is 2.10. The normalized spacial score (nSPS) is 12.2. The monoisotopic (exact) mass is 245 g/mol. The molecule has 2 aromatic carbocycles. The first-order chi connectivity index (χ1) is 8.69. The van der Waals surface area contributed by atoms with E-state index in [1.54, 1.807) is 12.1 Å². The minimum absolute atomic E-state index is 0.0421. The van der Waals surface area contributed by atoms with Crippen molar-refractivity contribution in [1.82, 2.24) is 0 Å². The Balaban J connectivity index is 2.17. The van der Waals surface area contributed by atoms with Gasteiger partial charge in [-0.15, -0.1) is 0 Å². The number of nitrogens with one attached hydrogen (secondary N) is 1. The molecule has 1 atom stereocenters. The van der Waals surface area contributed by atoms with Crippen LogP contribution in [-0.2, 0) is 0 Å². The van der Waals surface area contributed by atoms with E-state index in [4.69, 9.17) is 0 Å². The zero-order chi connectivity index (χ0) is 13.0. The minimum atomic E-state index is -0.272. The van der Waals surface area contributed by atoms with Gasteiger partial charge in [0.1, 0.15) is 5.82 Å². The van der Waals surface area contributed by atoms with Gasteiger partial charge in [-0.1, -0.05) is 24.3 Å². The molecule has 0 aliphatic carbocycles. The maximum atomic E-state index is 12.9. The molecule has 0 bridgehead atoms. The molecular formula is C15H16FNO. The van der Waals surface area contributed by atoms with Gasteiger partial charge < -0.3 is 10.4 Å². The van der Waals surface area contributed by atoms with Crippen LogP contribution in [0.2, 0.25) is 0 Å². The second-order valence-electron chi connectivity index (χ2n) is 4.30. The van der Waals surface area contributed by atoms with Crippen LogP contribution in [0.1, 0.15) is 17.2 Å². The number of benzene rings is 2. The number of hydrogen-bond acceptors (Lipinski definition) is 2. The van der Waals surface area contributed by atoms with Crippen molar-refractivity contribution in [1.29, 1.82) is 0 Å². The lowest BCUT2D eigenvalue weighted by Crippen LogP contribution is -2.14. The summed E-state index contributed by atoms with van der Waals surface area (Å²) in [6, 6.07) is 13.8. The fourth-order valence-electron chi connectivity index (χ4n) is 1.87.